The van der Waals surface area contributed by atoms with Crippen LogP contribution in [-0.4, -0.2) is 34.0 Å². The molecule has 44 heavy (non-hydrogen) atoms. The molecule has 0 radical (unpaired) electrons. The number of carbonyl (C=O) groups excluding carboxylic acids is 1. The van der Waals surface area contributed by atoms with Crippen LogP contribution < -0.4 is 0 Å². The van der Waals surface area contributed by atoms with Crippen molar-refractivity contribution in [2.45, 2.75) is 119 Å². The lowest BCUT2D eigenvalue weighted by Crippen LogP contribution is -2.65. The summed E-state index contributed by atoms with van der Waals surface area (Å²) in [5.41, 5.74) is 3.09. The van der Waals surface area contributed by atoms with Gasteiger partial charge < -0.3 is 20.1 Å². The van der Waals surface area contributed by atoms with Crippen LogP contribution in [0.3, 0.4) is 0 Å². The summed E-state index contributed by atoms with van der Waals surface area (Å²) in [7, 11) is 0. The van der Waals surface area contributed by atoms with Gasteiger partial charge in [0.2, 0.25) is 0 Å². The molecule has 1 aromatic carbocycles. The molecule has 0 aromatic heterocycles. The van der Waals surface area contributed by atoms with Crippen molar-refractivity contribution >= 4 is 12.0 Å². The maximum absolute atomic E-state index is 13.0. The number of aliphatic hydroxyl groups excluding tert-OH is 1. The largest absolute Gasteiger partial charge is 0.504 e. The quantitative estimate of drug-likeness (QED) is 0.138. The third-order valence-corrected chi connectivity index (χ3v) is 14.7. The molecule has 5 nitrogen and oxygen atoms in total. The predicted octanol–water partition coefficient (Wildman–Crippen LogP) is 8.82. The van der Waals surface area contributed by atoms with Crippen LogP contribution in [0.15, 0.2) is 35.9 Å². The molecule has 8 atom stereocenters. The Labute approximate surface area is 265 Å². The first kappa shape index (κ1) is 31.7. The Morgan fingerprint density at radius 2 is 1.64 bits per heavy atom. The SMILES string of the molecule is CC1(C)CC[C@]2(CO)CC[C@]3(C)C(=CC[C@@H]4[C@@]5(C)CC[C@H](OC(=O)C=Cc6ccc(O)c(O)c6)C(C)(C)[C@@H]5CC[C@]43C)[C@@H]2C1. The molecule has 5 aliphatic rings. The summed E-state index contributed by atoms with van der Waals surface area (Å²) >= 11 is 0. The number of rotatable bonds is 4. The van der Waals surface area contributed by atoms with E-state index in [1.54, 1.807) is 17.7 Å². The number of benzene rings is 1. The van der Waals surface area contributed by atoms with Crippen LogP contribution in [0.25, 0.3) is 6.08 Å². The zero-order valence-electron chi connectivity index (χ0n) is 28.2. The van der Waals surface area contributed by atoms with Gasteiger partial charge in [-0.05, 0) is 127 Å². The molecule has 242 valence electrons. The van der Waals surface area contributed by atoms with E-state index in [2.05, 4.69) is 54.5 Å². The molecule has 0 amide bonds. The first-order valence-electron chi connectivity index (χ1n) is 17.2. The third-order valence-electron chi connectivity index (χ3n) is 14.7. The summed E-state index contributed by atoms with van der Waals surface area (Å²) in [5, 5.41) is 30.2. The molecule has 0 unspecified atom stereocenters. The second-order valence-corrected chi connectivity index (χ2v) is 17.6. The molecule has 3 N–H and O–H groups in total. The molecule has 0 saturated heterocycles. The van der Waals surface area contributed by atoms with Crippen LogP contribution in [0.2, 0.25) is 0 Å². The van der Waals surface area contributed by atoms with Crippen molar-refractivity contribution in [3.05, 3.63) is 41.5 Å². The molecular weight excluding hydrogens is 548 g/mol. The number of aliphatic hydroxyl groups is 1. The zero-order chi connectivity index (χ0) is 31.9. The van der Waals surface area contributed by atoms with E-state index in [4.69, 9.17) is 4.74 Å². The molecule has 4 fully saturated rings. The van der Waals surface area contributed by atoms with Crippen molar-refractivity contribution in [3.8, 4) is 11.5 Å². The van der Waals surface area contributed by atoms with E-state index < -0.39 is 0 Å². The van der Waals surface area contributed by atoms with Crippen LogP contribution in [-0.2, 0) is 9.53 Å². The molecule has 1 aromatic rings. The van der Waals surface area contributed by atoms with Gasteiger partial charge in [0.15, 0.2) is 11.5 Å². The summed E-state index contributed by atoms with van der Waals surface area (Å²) in [4.78, 5) is 13.0. The summed E-state index contributed by atoms with van der Waals surface area (Å²) in [6.07, 6.45) is 16.8. The highest BCUT2D eigenvalue weighted by Gasteiger charge is 2.68. The average molecular weight is 605 g/mol. The van der Waals surface area contributed by atoms with Crippen LogP contribution in [0.4, 0.5) is 0 Å². The van der Waals surface area contributed by atoms with Crippen molar-refractivity contribution in [2.75, 3.05) is 6.61 Å². The first-order chi connectivity index (χ1) is 20.5. The van der Waals surface area contributed by atoms with Gasteiger partial charge in [0, 0.05) is 23.5 Å². The lowest BCUT2D eigenvalue weighted by atomic mass is 9.33. The molecule has 0 heterocycles. The van der Waals surface area contributed by atoms with Gasteiger partial charge in [0.25, 0.3) is 0 Å². The van der Waals surface area contributed by atoms with E-state index in [1.807, 2.05) is 0 Å². The standard InChI is InChI=1S/C39H56O5/c1-34(2)18-20-39(24-40)21-19-37(6)26(27(39)23-34)10-12-31-36(5)16-15-32(35(3,4)30(36)14-17-38(31,37)7)44-33(43)13-9-25-8-11-28(41)29(42)22-25/h8-11,13,22,27,30-32,40-42H,12,14-21,23-24H2,1-7H3/t27-,30-,31+,32-,36-,37+,38+,39+/m0/s1. The highest BCUT2D eigenvalue weighted by molar-refractivity contribution is 5.87. The number of phenols is 2. The fourth-order valence-corrected chi connectivity index (χ4v) is 11.8. The van der Waals surface area contributed by atoms with Crippen molar-refractivity contribution in [1.29, 1.82) is 0 Å². The van der Waals surface area contributed by atoms with Gasteiger partial charge in [-0.3, -0.25) is 0 Å². The number of aromatic hydroxyl groups is 2. The van der Waals surface area contributed by atoms with Gasteiger partial charge in [-0.25, -0.2) is 4.79 Å². The number of esters is 1. The van der Waals surface area contributed by atoms with Gasteiger partial charge in [0.05, 0.1) is 0 Å². The van der Waals surface area contributed by atoms with Crippen molar-refractivity contribution < 1.29 is 24.9 Å². The maximum Gasteiger partial charge on any atom is 0.331 e. The molecular formula is C39H56O5. The molecule has 6 rings (SSSR count). The fraction of sp³-hybridized carbons (Fsp3) is 0.718. The minimum absolute atomic E-state index is 0.0617. The van der Waals surface area contributed by atoms with E-state index >= 15 is 0 Å². The number of hydrogen-bond acceptors (Lipinski definition) is 5. The van der Waals surface area contributed by atoms with Gasteiger partial charge >= 0.3 is 5.97 Å². The van der Waals surface area contributed by atoms with Crippen LogP contribution in [0.5, 0.6) is 11.5 Å². The Kier molecular flexibility index (Phi) is 7.47. The second kappa shape index (κ2) is 10.4. The summed E-state index contributed by atoms with van der Waals surface area (Å²) < 4.78 is 6.17. The van der Waals surface area contributed by atoms with E-state index in [-0.39, 0.29) is 50.6 Å². The van der Waals surface area contributed by atoms with Crippen molar-refractivity contribution in [3.63, 3.8) is 0 Å². The summed E-state index contributed by atoms with van der Waals surface area (Å²) in [5.74, 6) is 0.785. The topological polar surface area (TPSA) is 87.0 Å². The van der Waals surface area contributed by atoms with Gasteiger partial charge in [-0.15, -0.1) is 0 Å². The molecule has 5 aliphatic carbocycles. The monoisotopic (exact) mass is 604 g/mol. The van der Waals surface area contributed by atoms with E-state index in [0.29, 0.717) is 35.3 Å². The molecule has 0 spiro atoms. The first-order valence-corrected chi connectivity index (χ1v) is 17.2. The average Bonchev–Trinajstić information content (AvgIpc) is 2.95. The minimum Gasteiger partial charge on any atom is -0.504 e. The molecule has 4 saturated carbocycles. The minimum atomic E-state index is -0.359. The number of carbonyl (C=O) groups is 1. The molecule has 5 heteroatoms. The highest BCUT2D eigenvalue weighted by atomic mass is 16.5. The van der Waals surface area contributed by atoms with Gasteiger partial charge in [-0.1, -0.05) is 66.2 Å². The normalized spacial score (nSPS) is 42.3. The second-order valence-electron chi connectivity index (χ2n) is 17.6. The number of fused-ring (bicyclic) bond motifs is 7. The smallest absolute Gasteiger partial charge is 0.331 e. The Balaban J connectivity index is 1.24. The zero-order valence-corrected chi connectivity index (χ0v) is 28.2. The summed E-state index contributed by atoms with van der Waals surface area (Å²) in [6, 6.07) is 4.51. The lowest BCUT2D eigenvalue weighted by Gasteiger charge is -2.71. The number of hydrogen-bond donors (Lipinski definition) is 3. The van der Waals surface area contributed by atoms with E-state index in [0.717, 1.165) is 38.5 Å². The Bertz CT molecular complexity index is 1370. The van der Waals surface area contributed by atoms with Crippen LogP contribution >= 0.6 is 0 Å². The number of ether oxygens (including phenoxy) is 1. The Morgan fingerprint density at radius 1 is 0.909 bits per heavy atom. The maximum atomic E-state index is 13.0. The van der Waals surface area contributed by atoms with Gasteiger partial charge in [-0.2, -0.15) is 0 Å². The van der Waals surface area contributed by atoms with Crippen molar-refractivity contribution in [2.24, 2.45) is 50.2 Å². The van der Waals surface area contributed by atoms with E-state index in [9.17, 15) is 20.1 Å². The third kappa shape index (κ3) is 4.61. The van der Waals surface area contributed by atoms with Crippen LogP contribution in [0, 0.1) is 50.2 Å². The van der Waals surface area contributed by atoms with Gasteiger partial charge in [0.1, 0.15) is 6.10 Å². The van der Waals surface area contributed by atoms with Crippen LogP contribution in [0.1, 0.15) is 118 Å². The predicted molar refractivity (Wildman–Crippen MR) is 175 cm³/mol. The number of allylic oxidation sites excluding steroid dienone is 2. The Morgan fingerprint density at radius 3 is 2.34 bits per heavy atom. The fourth-order valence-electron chi connectivity index (χ4n) is 11.8. The summed E-state index contributed by atoms with van der Waals surface area (Å²) in [6.45, 7) is 17.6. The number of phenolic OH excluding ortho intramolecular Hbond substituents is 2. The van der Waals surface area contributed by atoms with Crippen molar-refractivity contribution in [1.82, 2.24) is 0 Å². The Hall–Kier alpha value is -2.27. The molecule has 0 aliphatic heterocycles. The lowest BCUT2D eigenvalue weighted by molar-refractivity contribution is -0.212. The molecule has 0 bridgehead atoms. The van der Waals surface area contributed by atoms with E-state index in [1.165, 1.54) is 43.9 Å². The highest BCUT2D eigenvalue weighted by Crippen LogP contribution is 2.75.